The third-order valence-corrected chi connectivity index (χ3v) is 2.95. The lowest BCUT2D eigenvalue weighted by molar-refractivity contribution is 0.0950. The van der Waals surface area contributed by atoms with Crippen molar-refractivity contribution in [2.24, 2.45) is 5.10 Å². The number of carbonyl (C=O) groups is 1. The van der Waals surface area contributed by atoms with Crippen molar-refractivity contribution in [3.63, 3.8) is 0 Å². The zero-order chi connectivity index (χ0) is 15.2. The number of carbonyl (C=O) groups excluding carboxylic acids is 1. The van der Waals surface area contributed by atoms with E-state index in [0.717, 1.165) is 17.0 Å². The van der Waals surface area contributed by atoms with Crippen LogP contribution in [0.1, 0.15) is 41.5 Å². The van der Waals surface area contributed by atoms with Crippen LogP contribution < -0.4 is 10.2 Å². The highest BCUT2D eigenvalue weighted by Crippen LogP contribution is 2.12. The number of hydrogen-bond acceptors (Lipinski definition) is 4. The Morgan fingerprint density at radius 1 is 1.38 bits per heavy atom. The molecule has 6 heteroatoms. The smallest absolute Gasteiger partial charge is 0.291 e. The first-order chi connectivity index (χ1) is 10.1. The number of benzene rings is 1. The van der Waals surface area contributed by atoms with Crippen LogP contribution in [0.15, 0.2) is 35.4 Å². The van der Waals surface area contributed by atoms with E-state index >= 15 is 0 Å². The molecule has 0 saturated carbocycles. The molecule has 21 heavy (non-hydrogen) atoms. The molecule has 0 atom stereocenters. The Bertz CT molecular complexity index is 629. The van der Waals surface area contributed by atoms with Gasteiger partial charge in [-0.1, -0.05) is 13.8 Å². The molecule has 0 aliphatic rings. The molecule has 2 rings (SSSR count). The summed E-state index contributed by atoms with van der Waals surface area (Å²) in [5.74, 6) is 0.721. The summed E-state index contributed by atoms with van der Waals surface area (Å²) in [6, 6.07) is 9.07. The molecule has 2 N–H and O–H groups in total. The first-order valence-corrected chi connectivity index (χ1v) is 6.63. The van der Waals surface area contributed by atoms with Gasteiger partial charge in [0.2, 0.25) is 0 Å². The van der Waals surface area contributed by atoms with Gasteiger partial charge in [0, 0.05) is 5.69 Å². The monoisotopic (exact) mass is 286 g/mol. The molecular formula is C15H18N4O2. The van der Waals surface area contributed by atoms with Gasteiger partial charge in [-0.25, -0.2) is 5.43 Å². The van der Waals surface area contributed by atoms with Gasteiger partial charge in [0.15, 0.2) is 5.69 Å². The number of hydrazone groups is 1. The fourth-order valence-corrected chi connectivity index (χ4v) is 1.66. The Morgan fingerprint density at radius 2 is 2.10 bits per heavy atom. The number of nitrogens with one attached hydrogen (secondary N) is 2. The van der Waals surface area contributed by atoms with Gasteiger partial charge in [-0.15, -0.1) is 0 Å². The van der Waals surface area contributed by atoms with Gasteiger partial charge in [-0.3, -0.25) is 9.89 Å². The summed E-state index contributed by atoms with van der Waals surface area (Å²) >= 11 is 0. The molecule has 6 nitrogen and oxygen atoms in total. The van der Waals surface area contributed by atoms with Crippen molar-refractivity contribution in [1.82, 2.24) is 15.6 Å². The second-order valence-electron chi connectivity index (χ2n) is 4.84. The lowest BCUT2D eigenvalue weighted by Gasteiger charge is -1.99. The normalized spacial score (nSPS) is 11.0. The molecule has 0 unspecified atom stereocenters. The number of amides is 1. The number of hydrogen-bond donors (Lipinski definition) is 2. The lowest BCUT2D eigenvalue weighted by atomic mass is 10.1. The predicted molar refractivity (Wildman–Crippen MR) is 80.7 cm³/mol. The van der Waals surface area contributed by atoms with E-state index < -0.39 is 0 Å². The summed E-state index contributed by atoms with van der Waals surface area (Å²) in [5, 5.41) is 10.7. The Kier molecular flexibility index (Phi) is 4.71. The van der Waals surface area contributed by atoms with Crippen LogP contribution in [0.5, 0.6) is 5.75 Å². The van der Waals surface area contributed by atoms with E-state index in [0.29, 0.717) is 11.6 Å². The maximum atomic E-state index is 11.8. The number of aromatic nitrogens is 2. The average molecular weight is 286 g/mol. The van der Waals surface area contributed by atoms with Gasteiger partial charge in [0.05, 0.1) is 13.3 Å². The lowest BCUT2D eigenvalue weighted by Crippen LogP contribution is -2.18. The molecule has 1 amide bonds. The Balaban J connectivity index is 1.94. The van der Waals surface area contributed by atoms with E-state index in [-0.39, 0.29) is 5.91 Å². The molecule has 0 saturated heterocycles. The standard InChI is InChI=1S/C15H18N4O2/c1-10(2)13-8-14(18-17-13)15(20)19-16-9-11-4-6-12(21-3)7-5-11/h4-10H,1-3H3,(H,17,18)(H,19,20). The highest BCUT2D eigenvalue weighted by atomic mass is 16.5. The van der Waals surface area contributed by atoms with Crippen LogP contribution in [-0.4, -0.2) is 29.4 Å². The SMILES string of the molecule is COc1ccc(C=NNC(=O)c2cc(C(C)C)[nH]n2)cc1. The van der Waals surface area contributed by atoms with Gasteiger partial charge in [0.1, 0.15) is 5.75 Å². The van der Waals surface area contributed by atoms with E-state index in [1.54, 1.807) is 19.4 Å². The first-order valence-electron chi connectivity index (χ1n) is 6.63. The van der Waals surface area contributed by atoms with Crippen molar-refractivity contribution >= 4 is 12.1 Å². The average Bonchev–Trinajstić information content (AvgIpc) is 2.98. The van der Waals surface area contributed by atoms with Crippen LogP contribution >= 0.6 is 0 Å². The molecule has 0 bridgehead atoms. The largest absolute Gasteiger partial charge is 0.497 e. The van der Waals surface area contributed by atoms with E-state index in [1.807, 2.05) is 38.1 Å². The van der Waals surface area contributed by atoms with Crippen LogP contribution in [-0.2, 0) is 0 Å². The molecule has 1 aromatic heterocycles. The maximum Gasteiger partial charge on any atom is 0.291 e. The second-order valence-corrected chi connectivity index (χ2v) is 4.84. The third kappa shape index (κ3) is 3.92. The minimum Gasteiger partial charge on any atom is -0.497 e. The van der Waals surface area contributed by atoms with Gasteiger partial charge >= 0.3 is 0 Å². The quantitative estimate of drug-likeness (QED) is 0.654. The molecule has 1 aromatic carbocycles. The van der Waals surface area contributed by atoms with E-state index in [1.165, 1.54) is 0 Å². The van der Waals surface area contributed by atoms with Crippen LogP contribution in [0.4, 0.5) is 0 Å². The van der Waals surface area contributed by atoms with Gasteiger partial charge < -0.3 is 4.74 Å². The van der Waals surface area contributed by atoms with Gasteiger partial charge in [-0.2, -0.15) is 10.2 Å². The van der Waals surface area contributed by atoms with Crippen molar-refractivity contribution in [1.29, 1.82) is 0 Å². The van der Waals surface area contributed by atoms with Crippen molar-refractivity contribution in [3.8, 4) is 5.75 Å². The number of aromatic amines is 1. The van der Waals surface area contributed by atoms with Crippen molar-refractivity contribution < 1.29 is 9.53 Å². The van der Waals surface area contributed by atoms with Crippen molar-refractivity contribution in [2.75, 3.05) is 7.11 Å². The summed E-state index contributed by atoms with van der Waals surface area (Å²) in [6.07, 6.45) is 1.56. The maximum absolute atomic E-state index is 11.8. The number of methoxy groups -OCH3 is 1. The summed E-state index contributed by atoms with van der Waals surface area (Å²) in [5.41, 5.74) is 4.55. The highest BCUT2D eigenvalue weighted by molar-refractivity contribution is 5.93. The number of rotatable bonds is 5. The highest BCUT2D eigenvalue weighted by Gasteiger charge is 2.10. The van der Waals surface area contributed by atoms with E-state index in [2.05, 4.69) is 20.7 Å². The number of ether oxygens (including phenoxy) is 1. The fraction of sp³-hybridized carbons (Fsp3) is 0.267. The zero-order valence-electron chi connectivity index (χ0n) is 12.3. The Hall–Kier alpha value is -2.63. The molecule has 0 spiro atoms. The molecule has 0 fully saturated rings. The Morgan fingerprint density at radius 3 is 2.67 bits per heavy atom. The fourth-order valence-electron chi connectivity index (χ4n) is 1.66. The minimum atomic E-state index is -0.345. The van der Waals surface area contributed by atoms with Gasteiger partial charge in [-0.05, 0) is 41.8 Å². The number of H-pyrrole nitrogens is 1. The number of nitrogens with zero attached hydrogens (tertiary/aromatic N) is 2. The summed E-state index contributed by atoms with van der Waals surface area (Å²) in [4.78, 5) is 11.8. The third-order valence-electron chi connectivity index (χ3n) is 2.95. The molecule has 2 aromatic rings. The predicted octanol–water partition coefficient (Wildman–Crippen LogP) is 2.31. The topological polar surface area (TPSA) is 79.4 Å². The zero-order valence-corrected chi connectivity index (χ0v) is 12.3. The summed E-state index contributed by atoms with van der Waals surface area (Å²) in [7, 11) is 1.61. The second kappa shape index (κ2) is 6.69. The molecule has 110 valence electrons. The van der Waals surface area contributed by atoms with Crippen LogP contribution in [0.2, 0.25) is 0 Å². The van der Waals surface area contributed by atoms with Crippen LogP contribution in [0.3, 0.4) is 0 Å². The van der Waals surface area contributed by atoms with Crippen LogP contribution in [0, 0.1) is 0 Å². The molecule has 0 aliphatic carbocycles. The minimum absolute atomic E-state index is 0.293. The summed E-state index contributed by atoms with van der Waals surface area (Å²) in [6.45, 7) is 4.05. The molecule has 1 heterocycles. The molecule has 0 aliphatic heterocycles. The summed E-state index contributed by atoms with van der Waals surface area (Å²) < 4.78 is 5.07. The van der Waals surface area contributed by atoms with E-state index in [4.69, 9.17) is 4.74 Å². The van der Waals surface area contributed by atoms with Crippen molar-refractivity contribution in [2.45, 2.75) is 19.8 Å². The molecular weight excluding hydrogens is 268 g/mol. The van der Waals surface area contributed by atoms with Crippen LogP contribution in [0.25, 0.3) is 0 Å². The van der Waals surface area contributed by atoms with Gasteiger partial charge in [0.25, 0.3) is 5.91 Å². The first kappa shape index (κ1) is 14.8. The Labute approximate surface area is 123 Å². The molecule has 0 radical (unpaired) electrons. The van der Waals surface area contributed by atoms with E-state index in [9.17, 15) is 4.79 Å². The van der Waals surface area contributed by atoms with Crippen molar-refractivity contribution in [3.05, 3.63) is 47.3 Å².